The van der Waals surface area contributed by atoms with Crippen LogP contribution in [-0.4, -0.2) is 43.4 Å². The van der Waals surface area contributed by atoms with E-state index in [1.807, 2.05) is 19.2 Å². The first-order chi connectivity index (χ1) is 10.9. The Morgan fingerprint density at radius 3 is 2.46 bits per heavy atom. The number of benzene rings is 1. The maximum Gasteiger partial charge on any atom is 0.221 e. The predicted molar refractivity (Wildman–Crippen MR) is 111 cm³/mol. The Hall–Kier alpha value is -1.31. The van der Waals surface area contributed by atoms with Gasteiger partial charge in [0.25, 0.3) is 0 Å². The number of anilines is 1. The van der Waals surface area contributed by atoms with Crippen LogP contribution in [0.3, 0.4) is 0 Å². The minimum atomic E-state index is -0.0447. The van der Waals surface area contributed by atoms with Crippen molar-refractivity contribution in [2.45, 2.75) is 33.6 Å². The van der Waals surface area contributed by atoms with Gasteiger partial charge < -0.3 is 15.5 Å². The van der Waals surface area contributed by atoms with Gasteiger partial charge in [-0.1, -0.05) is 26.0 Å². The highest BCUT2D eigenvalue weighted by Crippen LogP contribution is 2.28. The molecule has 1 aliphatic rings. The Labute approximate surface area is 162 Å². The van der Waals surface area contributed by atoms with Gasteiger partial charge in [-0.25, -0.2) is 0 Å². The van der Waals surface area contributed by atoms with E-state index in [1.54, 1.807) is 0 Å². The van der Waals surface area contributed by atoms with E-state index in [-0.39, 0.29) is 29.9 Å². The lowest BCUT2D eigenvalue weighted by atomic mass is 9.93. The Balaban J connectivity index is 0.00000288. The molecule has 1 aliphatic heterocycles. The van der Waals surface area contributed by atoms with E-state index in [1.165, 1.54) is 18.9 Å². The summed E-state index contributed by atoms with van der Waals surface area (Å²) in [7, 11) is 1.84. The minimum absolute atomic E-state index is 0. The van der Waals surface area contributed by atoms with E-state index in [2.05, 4.69) is 46.5 Å². The second kappa shape index (κ2) is 9.25. The largest absolute Gasteiger partial charge is 0.356 e. The molecule has 1 amide bonds. The quantitative estimate of drug-likeness (QED) is 0.427. The molecule has 1 aromatic carbocycles. The molecule has 0 unspecified atom stereocenters. The molecule has 2 N–H and O–H groups in total. The van der Waals surface area contributed by atoms with E-state index in [0.717, 1.165) is 37.7 Å². The molecule has 1 fully saturated rings. The van der Waals surface area contributed by atoms with Crippen molar-refractivity contribution in [1.29, 1.82) is 0 Å². The lowest BCUT2D eigenvalue weighted by Crippen LogP contribution is -2.41. The topological polar surface area (TPSA) is 56.7 Å². The van der Waals surface area contributed by atoms with Gasteiger partial charge in [-0.2, -0.15) is 0 Å². The van der Waals surface area contributed by atoms with Crippen LogP contribution in [0.25, 0.3) is 0 Å². The molecule has 24 heavy (non-hydrogen) atoms. The Morgan fingerprint density at radius 2 is 1.96 bits per heavy atom. The van der Waals surface area contributed by atoms with Crippen molar-refractivity contribution in [2.75, 3.05) is 32.0 Å². The first-order valence-electron chi connectivity index (χ1n) is 8.22. The zero-order valence-corrected chi connectivity index (χ0v) is 17.4. The number of nitrogens with zero attached hydrogens (tertiary/aromatic N) is 2. The molecular weight excluding hydrogens is 415 g/mol. The fraction of sp³-hybridized carbons (Fsp3) is 0.556. The molecule has 1 aromatic rings. The highest BCUT2D eigenvalue weighted by atomic mass is 127. The monoisotopic (exact) mass is 444 g/mol. The van der Waals surface area contributed by atoms with E-state index >= 15 is 0 Å². The van der Waals surface area contributed by atoms with E-state index < -0.39 is 0 Å². The van der Waals surface area contributed by atoms with E-state index in [0.29, 0.717) is 5.41 Å². The van der Waals surface area contributed by atoms with Gasteiger partial charge in [-0.3, -0.25) is 9.79 Å². The van der Waals surface area contributed by atoms with Gasteiger partial charge in [0.1, 0.15) is 0 Å². The average molecular weight is 444 g/mol. The third-order valence-corrected chi connectivity index (χ3v) is 4.16. The lowest BCUT2D eigenvalue weighted by Gasteiger charge is -2.23. The van der Waals surface area contributed by atoms with Gasteiger partial charge in [0.05, 0.1) is 0 Å². The predicted octanol–water partition coefficient (Wildman–Crippen LogP) is 3.11. The number of likely N-dealkylation sites (tertiary alicyclic amines) is 1. The van der Waals surface area contributed by atoms with Gasteiger partial charge in [0.2, 0.25) is 5.91 Å². The molecule has 0 spiro atoms. The first-order valence-corrected chi connectivity index (χ1v) is 8.22. The van der Waals surface area contributed by atoms with Crippen molar-refractivity contribution >= 4 is 41.5 Å². The Kier molecular flexibility index (Phi) is 7.99. The first kappa shape index (κ1) is 20.7. The fourth-order valence-corrected chi connectivity index (χ4v) is 2.90. The molecule has 1 heterocycles. The number of carbonyl (C=O) groups is 1. The normalized spacial score (nSPS) is 16.5. The van der Waals surface area contributed by atoms with Gasteiger partial charge in [0.15, 0.2) is 5.96 Å². The number of halogens is 1. The van der Waals surface area contributed by atoms with Crippen molar-refractivity contribution in [1.82, 2.24) is 10.2 Å². The molecule has 6 heteroatoms. The zero-order chi connectivity index (χ0) is 16.9. The van der Waals surface area contributed by atoms with Crippen LogP contribution in [0.5, 0.6) is 0 Å². The van der Waals surface area contributed by atoms with Crippen molar-refractivity contribution in [3.8, 4) is 0 Å². The second-order valence-corrected chi connectivity index (χ2v) is 6.94. The van der Waals surface area contributed by atoms with Crippen LogP contribution in [0, 0.1) is 5.41 Å². The Morgan fingerprint density at radius 1 is 1.29 bits per heavy atom. The molecule has 0 aromatic heterocycles. The summed E-state index contributed by atoms with van der Waals surface area (Å²) in [5, 5.41) is 6.23. The number of rotatable bonds is 4. The summed E-state index contributed by atoms with van der Waals surface area (Å²) in [5.41, 5.74) is 2.45. The molecule has 0 radical (unpaired) electrons. The molecule has 1 saturated heterocycles. The number of nitrogens with one attached hydrogen (secondary N) is 2. The van der Waals surface area contributed by atoms with Crippen LogP contribution in [0.4, 0.5) is 5.69 Å². The summed E-state index contributed by atoms with van der Waals surface area (Å²) in [6, 6.07) is 7.98. The highest BCUT2D eigenvalue weighted by molar-refractivity contribution is 14.0. The van der Waals surface area contributed by atoms with Crippen molar-refractivity contribution in [3.63, 3.8) is 0 Å². The molecule has 0 aliphatic carbocycles. The van der Waals surface area contributed by atoms with Gasteiger partial charge in [-0.05, 0) is 36.0 Å². The summed E-state index contributed by atoms with van der Waals surface area (Å²) in [5.74, 6) is 0.946. The number of guanidine groups is 1. The van der Waals surface area contributed by atoms with E-state index in [4.69, 9.17) is 0 Å². The molecule has 0 saturated carbocycles. The summed E-state index contributed by atoms with van der Waals surface area (Å²) in [6.45, 7) is 9.09. The average Bonchev–Trinajstić information content (AvgIpc) is 2.85. The van der Waals surface area contributed by atoms with Gasteiger partial charge >= 0.3 is 0 Å². The maximum atomic E-state index is 11.0. The van der Waals surface area contributed by atoms with Crippen LogP contribution < -0.4 is 10.6 Å². The molecule has 5 nitrogen and oxygen atoms in total. The van der Waals surface area contributed by atoms with Crippen molar-refractivity contribution in [2.24, 2.45) is 10.4 Å². The maximum absolute atomic E-state index is 11.0. The van der Waals surface area contributed by atoms with Crippen LogP contribution in [0.15, 0.2) is 29.3 Å². The lowest BCUT2D eigenvalue weighted by molar-refractivity contribution is -0.114. The minimum Gasteiger partial charge on any atom is -0.356 e. The number of hydrogen-bond acceptors (Lipinski definition) is 2. The van der Waals surface area contributed by atoms with Gasteiger partial charge in [0, 0.05) is 39.3 Å². The van der Waals surface area contributed by atoms with Crippen molar-refractivity contribution in [3.05, 3.63) is 29.8 Å². The number of amides is 1. The molecule has 0 atom stereocenters. The molecule has 2 rings (SSSR count). The SMILES string of the molecule is CN=C(NCCc1ccc(NC(C)=O)cc1)N1CCC(C)(C)C1.I. The highest BCUT2D eigenvalue weighted by Gasteiger charge is 2.30. The zero-order valence-electron chi connectivity index (χ0n) is 15.1. The fourth-order valence-electron chi connectivity index (χ4n) is 2.90. The number of aliphatic imine (C=N–C) groups is 1. The van der Waals surface area contributed by atoms with Crippen LogP contribution in [0.1, 0.15) is 32.8 Å². The van der Waals surface area contributed by atoms with Crippen LogP contribution in [-0.2, 0) is 11.2 Å². The number of carbonyl (C=O) groups excluding carboxylic acids is 1. The van der Waals surface area contributed by atoms with E-state index in [9.17, 15) is 4.79 Å². The second-order valence-electron chi connectivity index (χ2n) is 6.94. The summed E-state index contributed by atoms with van der Waals surface area (Å²) in [4.78, 5) is 17.7. The summed E-state index contributed by atoms with van der Waals surface area (Å²) < 4.78 is 0. The third-order valence-electron chi connectivity index (χ3n) is 4.16. The smallest absolute Gasteiger partial charge is 0.221 e. The molecular formula is C18H29IN4O. The summed E-state index contributed by atoms with van der Waals surface area (Å²) in [6.07, 6.45) is 2.13. The van der Waals surface area contributed by atoms with Crippen LogP contribution >= 0.6 is 24.0 Å². The van der Waals surface area contributed by atoms with Gasteiger partial charge in [-0.15, -0.1) is 24.0 Å². The number of hydrogen-bond donors (Lipinski definition) is 2. The molecule has 0 bridgehead atoms. The van der Waals surface area contributed by atoms with Crippen LogP contribution in [0.2, 0.25) is 0 Å². The summed E-state index contributed by atoms with van der Waals surface area (Å²) >= 11 is 0. The Bertz CT molecular complexity index is 569. The third kappa shape index (κ3) is 6.30. The molecule has 134 valence electrons. The standard InChI is InChI=1S/C18H28N4O.HI/c1-14(23)21-16-7-5-15(6-8-16)9-11-20-17(19-4)22-12-10-18(2,3)13-22;/h5-8H,9-13H2,1-4H3,(H,19,20)(H,21,23);1H. The van der Waals surface area contributed by atoms with Crippen molar-refractivity contribution < 1.29 is 4.79 Å².